The average molecular weight is 490 g/mol. The Labute approximate surface area is 206 Å². The third-order valence-corrected chi connectivity index (χ3v) is 7.58. The molecule has 1 aromatic heterocycles. The Morgan fingerprint density at radius 2 is 1.75 bits per heavy atom. The lowest BCUT2D eigenvalue weighted by Crippen LogP contribution is -2.59. The van der Waals surface area contributed by atoms with Crippen molar-refractivity contribution in [1.82, 2.24) is 20.2 Å². The Balaban J connectivity index is 1.52. The number of hydrogen-bond donors (Lipinski definition) is 4. The van der Waals surface area contributed by atoms with Crippen LogP contribution in [0.4, 0.5) is 5.69 Å². The molecule has 0 aliphatic carbocycles. The molecule has 1 fully saturated rings. The quantitative estimate of drug-likeness (QED) is 0.427. The molecule has 3 aliphatic heterocycles. The van der Waals surface area contributed by atoms with Gasteiger partial charge in [-0.3, -0.25) is 29.2 Å². The highest BCUT2D eigenvalue weighted by atomic mass is 16.3. The van der Waals surface area contributed by atoms with Gasteiger partial charge in [-0.15, -0.1) is 0 Å². The number of rotatable bonds is 3. The van der Waals surface area contributed by atoms with Crippen LogP contribution in [0.15, 0.2) is 53.3 Å². The number of nitrogens with zero attached hydrogens (tertiary/aromatic N) is 3. The molecule has 10 heteroatoms. The summed E-state index contributed by atoms with van der Waals surface area (Å²) in [7, 11) is 0. The molecule has 2 amide bonds. The first-order valence-corrected chi connectivity index (χ1v) is 12.0. The standard InChI is InChI=1S/C26H27N5O5/c1-13(2)19-22(34)30-17-11-7-5-9-15(17)26(36,24(30)28-19)12-18-20(32)29-25(3,35)23-27-16-10-6-4-8-14(16)21(33)31(18)23/h4-11,13,18-19,24,28,35-36H,12H2,1-3H3,(H,29,32). The van der Waals surface area contributed by atoms with Crippen LogP contribution in [0.2, 0.25) is 0 Å². The molecule has 4 heterocycles. The summed E-state index contributed by atoms with van der Waals surface area (Å²) in [5, 5.41) is 29.3. The average Bonchev–Trinajstić information content (AvgIpc) is 3.30. The Bertz CT molecular complexity index is 1500. The number of para-hydroxylation sites is 2. The molecule has 2 aromatic carbocycles. The van der Waals surface area contributed by atoms with Crippen LogP contribution < -0.4 is 21.1 Å². The van der Waals surface area contributed by atoms with Crippen LogP contribution in [-0.4, -0.2) is 43.8 Å². The summed E-state index contributed by atoms with van der Waals surface area (Å²) < 4.78 is 1.18. The molecule has 5 unspecified atom stereocenters. The van der Waals surface area contributed by atoms with Gasteiger partial charge < -0.3 is 15.5 Å². The number of benzene rings is 2. The first kappa shape index (κ1) is 22.8. The number of amides is 2. The second-order valence-corrected chi connectivity index (χ2v) is 10.3. The zero-order chi connectivity index (χ0) is 25.6. The van der Waals surface area contributed by atoms with Crippen molar-refractivity contribution in [3.63, 3.8) is 0 Å². The van der Waals surface area contributed by atoms with Crippen LogP contribution >= 0.6 is 0 Å². The van der Waals surface area contributed by atoms with E-state index in [1.54, 1.807) is 53.4 Å². The topological polar surface area (TPSA) is 137 Å². The van der Waals surface area contributed by atoms with Crippen molar-refractivity contribution in [3.8, 4) is 0 Å². The van der Waals surface area contributed by atoms with Crippen LogP contribution in [0, 0.1) is 5.92 Å². The van der Waals surface area contributed by atoms with Crippen molar-refractivity contribution in [2.45, 2.75) is 56.8 Å². The summed E-state index contributed by atoms with van der Waals surface area (Å²) in [5.41, 5.74) is -2.61. The molecule has 0 spiro atoms. The fraction of sp³-hybridized carbons (Fsp3) is 0.385. The highest BCUT2D eigenvalue weighted by molar-refractivity contribution is 6.03. The lowest BCUT2D eigenvalue weighted by Gasteiger charge is -2.40. The Morgan fingerprint density at radius 1 is 1.06 bits per heavy atom. The van der Waals surface area contributed by atoms with Crippen LogP contribution in [0.5, 0.6) is 0 Å². The molecular formula is C26H27N5O5. The van der Waals surface area contributed by atoms with E-state index in [0.29, 0.717) is 22.2 Å². The van der Waals surface area contributed by atoms with E-state index in [4.69, 9.17) is 0 Å². The summed E-state index contributed by atoms with van der Waals surface area (Å²) in [6.07, 6.45) is -1.04. The molecule has 3 aliphatic rings. The highest BCUT2D eigenvalue weighted by Crippen LogP contribution is 2.50. The first-order chi connectivity index (χ1) is 17.0. The SMILES string of the molecule is CC(C)C1NC2N(C1=O)c1ccccc1C2(O)CC1C(=O)NC(C)(O)c2nc3ccccc3c(=O)n21. The lowest BCUT2D eigenvalue weighted by molar-refractivity contribution is -0.140. The van der Waals surface area contributed by atoms with Gasteiger partial charge in [0.1, 0.15) is 17.8 Å². The molecule has 4 N–H and O–H groups in total. The normalized spacial score (nSPS) is 30.9. The summed E-state index contributed by atoms with van der Waals surface area (Å²) in [5.74, 6) is -0.815. The first-order valence-electron chi connectivity index (χ1n) is 12.0. The van der Waals surface area contributed by atoms with Crippen molar-refractivity contribution in [2.24, 2.45) is 5.92 Å². The molecular weight excluding hydrogens is 462 g/mol. The minimum atomic E-state index is -1.89. The fourth-order valence-corrected chi connectivity index (χ4v) is 5.85. The van der Waals surface area contributed by atoms with Gasteiger partial charge in [-0.2, -0.15) is 0 Å². The largest absolute Gasteiger partial charge is 0.381 e. The lowest BCUT2D eigenvalue weighted by atomic mass is 9.85. The van der Waals surface area contributed by atoms with E-state index in [2.05, 4.69) is 15.6 Å². The summed E-state index contributed by atoms with van der Waals surface area (Å²) in [4.78, 5) is 46.3. The minimum absolute atomic E-state index is 0.0157. The molecule has 1 saturated heterocycles. The number of anilines is 1. The van der Waals surface area contributed by atoms with Crippen LogP contribution in [-0.2, 0) is 20.9 Å². The number of carbonyl (C=O) groups is 2. The van der Waals surface area contributed by atoms with Gasteiger partial charge in [-0.1, -0.05) is 44.2 Å². The van der Waals surface area contributed by atoms with Crippen molar-refractivity contribution in [1.29, 1.82) is 0 Å². The summed E-state index contributed by atoms with van der Waals surface area (Å²) >= 11 is 0. The Hall–Kier alpha value is -3.60. The Morgan fingerprint density at radius 3 is 2.50 bits per heavy atom. The predicted molar refractivity (Wildman–Crippen MR) is 131 cm³/mol. The van der Waals surface area contributed by atoms with Crippen molar-refractivity contribution in [3.05, 3.63) is 70.3 Å². The third-order valence-electron chi connectivity index (χ3n) is 7.58. The van der Waals surface area contributed by atoms with Gasteiger partial charge in [0, 0.05) is 12.0 Å². The maximum absolute atomic E-state index is 13.6. The molecule has 6 rings (SSSR count). The van der Waals surface area contributed by atoms with E-state index < -0.39 is 41.0 Å². The number of aliphatic hydroxyl groups is 2. The van der Waals surface area contributed by atoms with Gasteiger partial charge in [0.25, 0.3) is 5.56 Å². The molecule has 0 bridgehead atoms. The number of hydrogen-bond acceptors (Lipinski definition) is 7. The van der Waals surface area contributed by atoms with E-state index >= 15 is 0 Å². The molecule has 186 valence electrons. The van der Waals surface area contributed by atoms with E-state index in [-0.39, 0.29) is 24.1 Å². The van der Waals surface area contributed by atoms with Crippen LogP contribution in [0.3, 0.4) is 0 Å². The Kier molecular flexibility index (Phi) is 4.73. The number of nitrogens with one attached hydrogen (secondary N) is 2. The molecule has 10 nitrogen and oxygen atoms in total. The minimum Gasteiger partial charge on any atom is -0.381 e. The van der Waals surface area contributed by atoms with Gasteiger partial charge in [0.05, 0.1) is 22.6 Å². The van der Waals surface area contributed by atoms with E-state index in [1.165, 1.54) is 11.5 Å². The van der Waals surface area contributed by atoms with Crippen molar-refractivity contribution in [2.75, 3.05) is 4.90 Å². The van der Waals surface area contributed by atoms with E-state index in [1.807, 2.05) is 13.8 Å². The fourth-order valence-electron chi connectivity index (χ4n) is 5.85. The number of fused-ring (bicyclic) bond motifs is 5. The van der Waals surface area contributed by atoms with E-state index in [0.717, 1.165) is 0 Å². The molecule has 36 heavy (non-hydrogen) atoms. The molecule has 3 aromatic rings. The van der Waals surface area contributed by atoms with Gasteiger partial charge >= 0.3 is 0 Å². The molecule has 0 saturated carbocycles. The molecule has 5 atom stereocenters. The van der Waals surface area contributed by atoms with Gasteiger partial charge in [-0.25, -0.2) is 4.98 Å². The maximum atomic E-state index is 13.6. The number of carbonyl (C=O) groups excluding carboxylic acids is 2. The second-order valence-electron chi connectivity index (χ2n) is 10.3. The van der Waals surface area contributed by atoms with Crippen LogP contribution in [0.1, 0.15) is 44.6 Å². The maximum Gasteiger partial charge on any atom is 0.262 e. The zero-order valence-corrected chi connectivity index (χ0v) is 20.1. The second kappa shape index (κ2) is 7.45. The van der Waals surface area contributed by atoms with E-state index in [9.17, 15) is 24.6 Å². The van der Waals surface area contributed by atoms with Crippen LogP contribution in [0.25, 0.3) is 10.9 Å². The summed E-state index contributed by atoms with van der Waals surface area (Å²) in [6.45, 7) is 5.21. The van der Waals surface area contributed by atoms with Gasteiger partial charge in [-0.05, 0) is 31.0 Å². The third kappa shape index (κ3) is 2.95. The van der Waals surface area contributed by atoms with Gasteiger partial charge in [0.15, 0.2) is 11.5 Å². The zero-order valence-electron chi connectivity index (χ0n) is 20.1. The predicted octanol–water partition coefficient (Wildman–Crippen LogP) is 0.811. The van der Waals surface area contributed by atoms with Gasteiger partial charge in [0.2, 0.25) is 11.8 Å². The highest BCUT2D eigenvalue weighted by Gasteiger charge is 2.60. The monoisotopic (exact) mass is 489 g/mol. The molecule has 0 radical (unpaired) electrons. The number of aromatic nitrogens is 2. The van der Waals surface area contributed by atoms with Crippen molar-refractivity contribution < 1.29 is 19.8 Å². The smallest absolute Gasteiger partial charge is 0.262 e. The summed E-state index contributed by atoms with van der Waals surface area (Å²) in [6, 6.07) is 12.1. The van der Waals surface area contributed by atoms with Crippen molar-refractivity contribution >= 4 is 28.4 Å².